The molecule has 0 aliphatic heterocycles. The molecule has 0 spiro atoms. The summed E-state index contributed by atoms with van der Waals surface area (Å²) in [6, 6.07) is 15.4. The number of aryl methyl sites for hydroxylation is 1. The van der Waals surface area contributed by atoms with Crippen LogP contribution >= 0.6 is 0 Å². The Bertz CT molecular complexity index is 467. The van der Waals surface area contributed by atoms with Crippen molar-refractivity contribution in [1.82, 2.24) is 0 Å². The molecular formula is C16H18FeO2-6. The minimum atomic E-state index is 0. The van der Waals surface area contributed by atoms with E-state index in [-0.39, 0.29) is 28.6 Å². The van der Waals surface area contributed by atoms with Crippen LogP contribution in [0.1, 0.15) is 36.2 Å². The minimum absolute atomic E-state index is 0. The maximum absolute atomic E-state index is 10.5. The van der Waals surface area contributed by atoms with Gasteiger partial charge in [0.05, 0.1) is 0 Å². The van der Waals surface area contributed by atoms with Crippen LogP contribution in [-0.4, -0.2) is 11.6 Å². The first-order valence-electron chi connectivity index (χ1n) is 6.02. The fourth-order valence-corrected chi connectivity index (χ4v) is 1.51. The van der Waals surface area contributed by atoms with Crippen LogP contribution in [0.3, 0.4) is 0 Å². The van der Waals surface area contributed by atoms with Crippen molar-refractivity contribution >= 4 is 11.6 Å². The summed E-state index contributed by atoms with van der Waals surface area (Å²) in [6.07, 6.45) is 1.56. The Morgan fingerprint density at radius 2 is 1.58 bits per heavy atom. The summed E-state index contributed by atoms with van der Waals surface area (Å²) in [5.41, 5.74) is 2.06. The zero-order chi connectivity index (χ0) is 13.4. The van der Waals surface area contributed by atoms with E-state index in [1.165, 1.54) is 5.56 Å². The number of ketones is 2. The van der Waals surface area contributed by atoms with Gasteiger partial charge in [0.1, 0.15) is 5.78 Å². The van der Waals surface area contributed by atoms with Crippen LogP contribution in [0.15, 0.2) is 48.5 Å². The number of hydrogen-bond acceptors (Lipinski definition) is 2. The van der Waals surface area contributed by atoms with Crippen molar-refractivity contribution in [2.24, 2.45) is 0 Å². The summed E-state index contributed by atoms with van der Waals surface area (Å²) in [5, 5.41) is 0. The Morgan fingerprint density at radius 1 is 1.05 bits per heavy atom. The first-order chi connectivity index (χ1) is 8.59. The predicted molar refractivity (Wildman–Crippen MR) is 73.1 cm³/mol. The average Bonchev–Trinajstić information content (AvgIpc) is 3.00. The third-order valence-electron chi connectivity index (χ3n) is 2.57. The largest absolute Gasteiger partial charge is 0.718 e. The van der Waals surface area contributed by atoms with Gasteiger partial charge < -0.3 is 39.4 Å². The maximum atomic E-state index is 10.5. The molecule has 2 aromatic carbocycles. The van der Waals surface area contributed by atoms with Crippen LogP contribution in [0, 0.1) is 0 Å². The Morgan fingerprint density at radius 3 is 1.95 bits per heavy atom. The van der Waals surface area contributed by atoms with Crippen LogP contribution in [0.4, 0.5) is 0 Å². The molecule has 0 heterocycles. The van der Waals surface area contributed by atoms with E-state index in [2.05, 4.69) is 0 Å². The Balaban J connectivity index is 0.000000331. The van der Waals surface area contributed by atoms with Gasteiger partial charge in [-0.1, -0.05) is 6.42 Å². The van der Waals surface area contributed by atoms with Crippen LogP contribution in [0.25, 0.3) is 0 Å². The molecule has 3 heteroatoms. The molecule has 0 aromatic heterocycles. The predicted octanol–water partition coefficient (Wildman–Crippen LogP) is 3.53. The summed E-state index contributed by atoms with van der Waals surface area (Å²) in [7, 11) is 0. The zero-order valence-electron chi connectivity index (χ0n) is 11.2. The monoisotopic (exact) mass is 298 g/mol. The number of Topliss-reactive ketones (excluding diaryl/α,β-unsaturated/α-hetero) is 2. The van der Waals surface area contributed by atoms with Gasteiger partial charge in [-0.15, -0.1) is 6.92 Å². The fourth-order valence-electron chi connectivity index (χ4n) is 1.51. The molecule has 0 amide bonds. The van der Waals surface area contributed by atoms with Crippen molar-refractivity contribution in [3.8, 4) is 0 Å². The van der Waals surface area contributed by atoms with Crippen molar-refractivity contribution in [2.45, 2.75) is 26.7 Å². The van der Waals surface area contributed by atoms with Crippen LogP contribution < -0.4 is 0 Å². The molecular weight excluding hydrogens is 280 g/mol. The number of carbonyl (C=O) groups is 2. The topological polar surface area (TPSA) is 34.1 Å². The van der Waals surface area contributed by atoms with Gasteiger partial charge in [0, 0.05) is 17.1 Å². The quantitative estimate of drug-likeness (QED) is 0.491. The molecule has 0 aliphatic rings. The van der Waals surface area contributed by atoms with E-state index in [1.807, 2.05) is 48.5 Å². The SMILES string of the molecule is CC(=O)CC[c-]1cccc1.CC(=O)[c-]1[cH-][cH-][cH-][cH-]1.[Fe]. The normalized spacial score (nSPS) is 8.95. The smallest absolute Gasteiger partial charge is 0.129 e. The molecule has 108 valence electrons. The third-order valence-corrected chi connectivity index (χ3v) is 2.57. The summed E-state index contributed by atoms with van der Waals surface area (Å²) in [5.74, 6) is 0.399. The van der Waals surface area contributed by atoms with Gasteiger partial charge in [-0.2, -0.15) is 17.7 Å². The van der Waals surface area contributed by atoms with E-state index in [0.29, 0.717) is 6.42 Å². The minimum Gasteiger partial charge on any atom is -0.718 e. The molecule has 0 N–H and O–H groups in total. The van der Waals surface area contributed by atoms with Gasteiger partial charge in [-0.3, -0.25) is 5.78 Å². The second kappa shape index (κ2) is 9.48. The molecule has 0 saturated heterocycles. The molecule has 0 bridgehead atoms. The number of hydrogen-bond donors (Lipinski definition) is 0. The maximum Gasteiger partial charge on any atom is 0.129 e. The summed E-state index contributed by atoms with van der Waals surface area (Å²) in [6.45, 7) is 3.19. The van der Waals surface area contributed by atoms with E-state index in [4.69, 9.17) is 0 Å². The number of carbonyl (C=O) groups excluding carboxylic acids is 2. The van der Waals surface area contributed by atoms with Gasteiger partial charge in [-0.25, -0.2) is 12.1 Å². The van der Waals surface area contributed by atoms with Crippen LogP contribution in [0.2, 0.25) is 0 Å². The van der Waals surface area contributed by atoms with E-state index in [0.717, 1.165) is 12.0 Å². The van der Waals surface area contributed by atoms with Crippen molar-refractivity contribution in [1.29, 1.82) is 0 Å². The van der Waals surface area contributed by atoms with E-state index in [9.17, 15) is 9.59 Å². The van der Waals surface area contributed by atoms with Crippen molar-refractivity contribution in [2.75, 3.05) is 0 Å². The van der Waals surface area contributed by atoms with Gasteiger partial charge in [0.2, 0.25) is 0 Å². The van der Waals surface area contributed by atoms with Crippen LogP contribution in [-0.2, 0) is 28.3 Å². The van der Waals surface area contributed by atoms with E-state index in [1.54, 1.807) is 13.8 Å². The van der Waals surface area contributed by atoms with Crippen molar-refractivity contribution < 1.29 is 26.7 Å². The standard InChI is InChI=1S/C9H11O.C7H7O.Fe/c1-8(10)6-7-9-4-2-3-5-9;1-6(8)7-4-2-3-5-7;/h2-5H,6-7H2,1H3;2-5H,1H3;/q-1;-5;. The Hall–Kier alpha value is -1.44. The third kappa shape index (κ3) is 7.55. The number of rotatable bonds is 4. The average molecular weight is 298 g/mol. The zero-order valence-corrected chi connectivity index (χ0v) is 12.3. The Kier molecular flexibility index (Phi) is 8.77. The molecule has 0 saturated carbocycles. The second-order valence-corrected chi connectivity index (χ2v) is 4.22. The van der Waals surface area contributed by atoms with Gasteiger partial charge >= 0.3 is 0 Å². The molecule has 2 rings (SSSR count). The summed E-state index contributed by atoms with van der Waals surface area (Å²) >= 11 is 0. The molecule has 0 fully saturated rings. The summed E-state index contributed by atoms with van der Waals surface area (Å²) in [4.78, 5) is 21.0. The van der Waals surface area contributed by atoms with Crippen LogP contribution in [0.5, 0.6) is 0 Å². The first-order valence-corrected chi connectivity index (χ1v) is 6.02. The van der Waals surface area contributed by atoms with Crippen molar-refractivity contribution in [3.63, 3.8) is 0 Å². The first kappa shape index (κ1) is 17.6. The summed E-state index contributed by atoms with van der Waals surface area (Å²) < 4.78 is 0. The molecule has 0 aliphatic carbocycles. The molecule has 2 aromatic rings. The Labute approximate surface area is 125 Å². The fraction of sp³-hybridized carbons (Fsp3) is 0.250. The molecule has 0 unspecified atom stereocenters. The van der Waals surface area contributed by atoms with E-state index >= 15 is 0 Å². The van der Waals surface area contributed by atoms with Gasteiger partial charge in [0.25, 0.3) is 0 Å². The second-order valence-electron chi connectivity index (χ2n) is 4.22. The molecule has 0 atom stereocenters. The van der Waals surface area contributed by atoms with Gasteiger partial charge in [-0.05, 0) is 13.3 Å². The molecule has 0 radical (unpaired) electrons. The molecule has 2 nitrogen and oxygen atoms in total. The molecule has 19 heavy (non-hydrogen) atoms. The van der Waals surface area contributed by atoms with E-state index < -0.39 is 0 Å². The van der Waals surface area contributed by atoms with Gasteiger partial charge in [0.15, 0.2) is 0 Å². The van der Waals surface area contributed by atoms with Crippen molar-refractivity contribution in [3.05, 3.63) is 59.7 Å².